The van der Waals surface area contributed by atoms with Crippen LogP contribution in [0.15, 0.2) is 36.4 Å². The minimum atomic E-state index is -0.380. The summed E-state index contributed by atoms with van der Waals surface area (Å²) in [4.78, 5) is 0. The summed E-state index contributed by atoms with van der Waals surface area (Å²) in [5, 5.41) is 0.699. The lowest BCUT2D eigenvalue weighted by molar-refractivity contribution is 0.595. The fourth-order valence-corrected chi connectivity index (χ4v) is 2.31. The first-order valence-corrected chi connectivity index (χ1v) is 6.21. The van der Waals surface area contributed by atoms with Crippen molar-refractivity contribution >= 4 is 23.2 Å². The van der Waals surface area contributed by atoms with E-state index in [2.05, 4.69) is 0 Å². The van der Waals surface area contributed by atoms with Gasteiger partial charge in [0.05, 0.1) is 0 Å². The van der Waals surface area contributed by atoms with Gasteiger partial charge in [0.2, 0.25) is 0 Å². The molecule has 0 unspecified atom stereocenters. The third kappa shape index (κ3) is 2.82. The lowest BCUT2D eigenvalue weighted by Gasteiger charge is -2.08. The summed E-state index contributed by atoms with van der Waals surface area (Å²) in [5.74, 6) is -0.759. The van der Waals surface area contributed by atoms with Gasteiger partial charge < -0.3 is 0 Å². The van der Waals surface area contributed by atoms with Crippen LogP contribution in [0.5, 0.6) is 0 Å². The highest BCUT2D eigenvalue weighted by atomic mass is 35.5. The van der Waals surface area contributed by atoms with E-state index in [0.717, 1.165) is 0 Å². The molecular formula is C14H10Cl2F2. The summed E-state index contributed by atoms with van der Waals surface area (Å²) in [5.41, 5.74) is 0.775. The van der Waals surface area contributed by atoms with Gasteiger partial charge in [-0.25, -0.2) is 8.78 Å². The van der Waals surface area contributed by atoms with Gasteiger partial charge in [-0.1, -0.05) is 35.3 Å². The Hall–Kier alpha value is -1.12. The third-order valence-electron chi connectivity index (χ3n) is 2.75. The second-order valence-corrected chi connectivity index (χ2v) is 4.71. The predicted octanol–water partition coefficient (Wildman–Crippen LogP) is 5.06. The van der Waals surface area contributed by atoms with Crippen LogP contribution in [0, 0.1) is 11.6 Å². The molecular weight excluding hydrogens is 277 g/mol. The first kappa shape index (κ1) is 13.3. The second-order valence-electron chi connectivity index (χ2n) is 3.90. The minimum Gasteiger partial charge on any atom is -0.207 e. The van der Waals surface area contributed by atoms with Gasteiger partial charge in [-0.15, -0.1) is 0 Å². The standard InChI is InChI=1S/C14H10Cl2F2/c15-11-3-1-5-13(17)9(11)7-8-10-12(16)4-2-6-14(10)18/h1-6H,7-8H2. The van der Waals surface area contributed by atoms with E-state index in [-0.39, 0.29) is 11.6 Å². The van der Waals surface area contributed by atoms with Crippen LogP contribution in [0.25, 0.3) is 0 Å². The van der Waals surface area contributed by atoms with Crippen LogP contribution in [-0.4, -0.2) is 0 Å². The maximum Gasteiger partial charge on any atom is 0.127 e. The molecule has 0 atom stereocenters. The van der Waals surface area contributed by atoms with Gasteiger partial charge >= 0.3 is 0 Å². The Morgan fingerprint density at radius 3 is 1.44 bits per heavy atom. The van der Waals surface area contributed by atoms with Crippen LogP contribution in [0.4, 0.5) is 8.78 Å². The molecule has 0 nitrogen and oxygen atoms in total. The summed E-state index contributed by atoms with van der Waals surface area (Å²) < 4.78 is 27.1. The van der Waals surface area contributed by atoms with Crippen molar-refractivity contribution in [1.29, 1.82) is 0 Å². The molecule has 0 N–H and O–H groups in total. The molecule has 4 heteroatoms. The summed E-state index contributed by atoms with van der Waals surface area (Å²) in [6.07, 6.45) is 0.623. The molecule has 0 amide bonds. The van der Waals surface area contributed by atoms with Crippen molar-refractivity contribution in [2.75, 3.05) is 0 Å². The zero-order valence-electron chi connectivity index (χ0n) is 9.39. The molecule has 0 aliphatic rings. The summed E-state index contributed by atoms with van der Waals surface area (Å²) >= 11 is 11.8. The fraction of sp³-hybridized carbons (Fsp3) is 0.143. The van der Waals surface area contributed by atoms with Crippen molar-refractivity contribution in [3.05, 3.63) is 69.2 Å². The Bertz CT molecular complexity index is 476. The van der Waals surface area contributed by atoms with Crippen molar-refractivity contribution in [1.82, 2.24) is 0 Å². The molecule has 94 valence electrons. The predicted molar refractivity (Wildman–Crippen MR) is 70.2 cm³/mol. The van der Waals surface area contributed by atoms with Gasteiger partial charge in [-0.2, -0.15) is 0 Å². The molecule has 0 heterocycles. The molecule has 0 aliphatic heterocycles. The van der Waals surface area contributed by atoms with Gasteiger partial charge in [0.15, 0.2) is 0 Å². The molecule has 2 aromatic rings. The molecule has 0 saturated carbocycles. The lowest BCUT2D eigenvalue weighted by Crippen LogP contribution is -1.99. The molecule has 0 saturated heterocycles. The minimum absolute atomic E-state index is 0.312. The van der Waals surface area contributed by atoms with Crippen molar-refractivity contribution < 1.29 is 8.78 Å². The van der Waals surface area contributed by atoms with E-state index >= 15 is 0 Å². The third-order valence-corrected chi connectivity index (χ3v) is 3.46. The van der Waals surface area contributed by atoms with Crippen LogP contribution in [-0.2, 0) is 12.8 Å². The maximum absolute atomic E-state index is 13.5. The van der Waals surface area contributed by atoms with Crippen molar-refractivity contribution in [3.8, 4) is 0 Å². The monoisotopic (exact) mass is 286 g/mol. The number of halogens is 4. The summed E-state index contributed by atoms with van der Waals surface area (Å²) in [6.45, 7) is 0. The zero-order valence-corrected chi connectivity index (χ0v) is 10.9. The van der Waals surface area contributed by atoms with Gasteiger partial charge in [-0.05, 0) is 37.1 Å². The Kier molecular flexibility index (Phi) is 4.20. The Balaban J connectivity index is 2.22. The van der Waals surface area contributed by atoms with Gasteiger partial charge in [-0.3, -0.25) is 0 Å². The zero-order chi connectivity index (χ0) is 13.1. The molecule has 0 radical (unpaired) electrons. The van der Waals surface area contributed by atoms with Crippen molar-refractivity contribution in [2.24, 2.45) is 0 Å². The van der Waals surface area contributed by atoms with E-state index in [1.54, 1.807) is 12.1 Å². The van der Waals surface area contributed by atoms with Gasteiger partial charge in [0, 0.05) is 21.2 Å². The normalized spacial score (nSPS) is 10.7. The molecule has 0 spiro atoms. The van der Waals surface area contributed by atoms with E-state index in [0.29, 0.717) is 34.0 Å². The van der Waals surface area contributed by atoms with Crippen LogP contribution in [0.1, 0.15) is 11.1 Å². The highest BCUT2D eigenvalue weighted by molar-refractivity contribution is 6.31. The Morgan fingerprint density at radius 2 is 1.11 bits per heavy atom. The molecule has 0 aromatic heterocycles. The largest absolute Gasteiger partial charge is 0.207 e. The average Bonchev–Trinajstić information content (AvgIpc) is 2.31. The SMILES string of the molecule is Fc1cccc(Cl)c1CCc1c(F)cccc1Cl. The molecule has 2 aromatic carbocycles. The highest BCUT2D eigenvalue weighted by Crippen LogP contribution is 2.24. The van der Waals surface area contributed by atoms with Crippen molar-refractivity contribution in [2.45, 2.75) is 12.8 Å². The van der Waals surface area contributed by atoms with Crippen molar-refractivity contribution in [3.63, 3.8) is 0 Å². The summed E-state index contributed by atoms with van der Waals surface area (Å²) in [6, 6.07) is 8.98. The smallest absolute Gasteiger partial charge is 0.127 e. The van der Waals surface area contributed by atoms with Crippen LogP contribution in [0.2, 0.25) is 10.0 Å². The van der Waals surface area contributed by atoms with Gasteiger partial charge in [0.25, 0.3) is 0 Å². The van der Waals surface area contributed by atoms with Crippen LogP contribution in [0.3, 0.4) is 0 Å². The fourth-order valence-electron chi connectivity index (χ4n) is 1.79. The first-order valence-electron chi connectivity index (χ1n) is 5.45. The molecule has 18 heavy (non-hydrogen) atoms. The van der Waals surface area contributed by atoms with E-state index in [1.165, 1.54) is 24.3 Å². The van der Waals surface area contributed by atoms with E-state index in [4.69, 9.17) is 23.2 Å². The molecule has 0 fully saturated rings. The van der Waals surface area contributed by atoms with E-state index in [9.17, 15) is 8.78 Å². The van der Waals surface area contributed by atoms with E-state index < -0.39 is 0 Å². The topological polar surface area (TPSA) is 0 Å². The number of benzene rings is 2. The number of hydrogen-bond donors (Lipinski definition) is 0. The quantitative estimate of drug-likeness (QED) is 0.740. The Labute approximate surface area is 114 Å². The molecule has 0 aliphatic carbocycles. The lowest BCUT2D eigenvalue weighted by atomic mass is 10.0. The average molecular weight is 287 g/mol. The van der Waals surface area contributed by atoms with Crippen LogP contribution >= 0.6 is 23.2 Å². The number of rotatable bonds is 3. The summed E-state index contributed by atoms with van der Waals surface area (Å²) in [7, 11) is 0. The Morgan fingerprint density at radius 1 is 0.722 bits per heavy atom. The molecule has 2 rings (SSSR count). The maximum atomic E-state index is 13.5. The first-order chi connectivity index (χ1) is 8.59. The highest BCUT2D eigenvalue weighted by Gasteiger charge is 2.11. The van der Waals surface area contributed by atoms with E-state index in [1.807, 2.05) is 0 Å². The van der Waals surface area contributed by atoms with Gasteiger partial charge in [0.1, 0.15) is 11.6 Å². The molecule has 0 bridgehead atoms. The second kappa shape index (κ2) is 5.68. The number of hydrogen-bond acceptors (Lipinski definition) is 0. The van der Waals surface area contributed by atoms with Crippen LogP contribution < -0.4 is 0 Å².